The van der Waals surface area contributed by atoms with E-state index >= 15 is 0 Å². The Morgan fingerprint density at radius 3 is 2.50 bits per heavy atom. The van der Waals surface area contributed by atoms with Crippen LogP contribution in [0.15, 0.2) is 0 Å². The van der Waals surface area contributed by atoms with Crippen molar-refractivity contribution in [2.75, 3.05) is 0 Å². The molecule has 2 unspecified atom stereocenters. The van der Waals surface area contributed by atoms with Crippen molar-refractivity contribution in [3.63, 3.8) is 0 Å². The van der Waals surface area contributed by atoms with Crippen molar-refractivity contribution >= 4 is 11.8 Å². The third-order valence-corrected chi connectivity index (χ3v) is 2.70. The molecule has 80 valence electrons. The smallest absolute Gasteiger partial charge is 0.243 e. The molecule has 2 atom stereocenters. The molecule has 0 aromatic carbocycles. The average Bonchev–Trinajstić information content (AvgIpc) is 2.09. The van der Waals surface area contributed by atoms with Crippen LogP contribution in [0.2, 0.25) is 0 Å². The summed E-state index contributed by atoms with van der Waals surface area (Å²) in [7, 11) is 0. The van der Waals surface area contributed by atoms with E-state index in [1.54, 1.807) is 0 Å². The molecule has 0 aliphatic carbocycles. The molecular weight excluding hydrogens is 180 g/mol. The number of piperidine rings is 1. The van der Waals surface area contributed by atoms with Gasteiger partial charge in [-0.15, -0.1) is 0 Å². The van der Waals surface area contributed by atoms with Crippen LogP contribution in [0.25, 0.3) is 0 Å². The summed E-state index contributed by atoms with van der Waals surface area (Å²) in [5.74, 6) is 0.138. The van der Waals surface area contributed by atoms with Crippen molar-refractivity contribution in [1.82, 2.24) is 10.6 Å². The number of hydrogen-bond acceptors (Lipinski definition) is 3. The highest BCUT2D eigenvalue weighted by molar-refractivity contribution is 6.00. The minimum atomic E-state index is -0.204. The molecule has 0 saturated carbocycles. The SMILES string of the molecule is CC(C)C(C)NC1CCC(=O)NC1=O. The van der Waals surface area contributed by atoms with Gasteiger partial charge in [0.05, 0.1) is 6.04 Å². The van der Waals surface area contributed by atoms with Crippen molar-refractivity contribution in [2.45, 2.75) is 45.7 Å². The van der Waals surface area contributed by atoms with E-state index in [0.717, 1.165) is 0 Å². The molecule has 1 aliphatic rings. The Morgan fingerprint density at radius 2 is 2.00 bits per heavy atom. The van der Waals surface area contributed by atoms with E-state index in [2.05, 4.69) is 24.5 Å². The first-order chi connectivity index (χ1) is 6.50. The fraction of sp³-hybridized carbons (Fsp3) is 0.800. The first-order valence-electron chi connectivity index (χ1n) is 5.10. The fourth-order valence-corrected chi connectivity index (χ4v) is 1.36. The Morgan fingerprint density at radius 1 is 1.36 bits per heavy atom. The van der Waals surface area contributed by atoms with Gasteiger partial charge in [-0.05, 0) is 19.3 Å². The van der Waals surface area contributed by atoms with Crippen LogP contribution in [0.5, 0.6) is 0 Å². The van der Waals surface area contributed by atoms with Crippen LogP contribution in [-0.2, 0) is 9.59 Å². The molecule has 1 rings (SSSR count). The molecule has 2 N–H and O–H groups in total. The molecule has 1 heterocycles. The summed E-state index contributed by atoms with van der Waals surface area (Å²) in [5, 5.41) is 5.56. The van der Waals surface area contributed by atoms with Gasteiger partial charge in [-0.2, -0.15) is 0 Å². The maximum atomic E-state index is 11.4. The lowest BCUT2D eigenvalue weighted by Gasteiger charge is -2.27. The molecule has 14 heavy (non-hydrogen) atoms. The van der Waals surface area contributed by atoms with Gasteiger partial charge in [0.1, 0.15) is 0 Å². The number of hydrogen-bond donors (Lipinski definition) is 2. The highest BCUT2D eigenvalue weighted by Gasteiger charge is 2.27. The first kappa shape index (κ1) is 11.2. The van der Waals surface area contributed by atoms with E-state index in [9.17, 15) is 9.59 Å². The summed E-state index contributed by atoms with van der Waals surface area (Å²) in [4.78, 5) is 22.2. The molecule has 0 radical (unpaired) electrons. The predicted molar refractivity (Wildman–Crippen MR) is 53.6 cm³/mol. The summed E-state index contributed by atoms with van der Waals surface area (Å²) in [5.41, 5.74) is 0. The number of carbonyl (C=O) groups excluding carboxylic acids is 2. The van der Waals surface area contributed by atoms with Crippen molar-refractivity contribution in [3.8, 4) is 0 Å². The lowest BCUT2D eigenvalue weighted by molar-refractivity contribution is -0.134. The van der Waals surface area contributed by atoms with Crippen LogP contribution in [0.4, 0.5) is 0 Å². The summed E-state index contributed by atoms with van der Waals surface area (Å²) in [6.45, 7) is 6.25. The molecule has 1 aliphatic heterocycles. The second-order valence-corrected chi connectivity index (χ2v) is 4.20. The predicted octanol–water partition coefficient (Wildman–Crippen LogP) is 0.426. The molecule has 4 heteroatoms. The number of amides is 2. The van der Waals surface area contributed by atoms with E-state index in [1.807, 2.05) is 6.92 Å². The fourth-order valence-electron chi connectivity index (χ4n) is 1.36. The van der Waals surface area contributed by atoms with E-state index in [4.69, 9.17) is 0 Å². The van der Waals surface area contributed by atoms with Gasteiger partial charge >= 0.3 is 0 Å². The Hall–Kier alpha value is -0.900. The Labute approximate surface area is 84.4 Å². The van der Waals surface area contributed by atoms with Crippen LogP contribution < -0.4 is 10.6 Å². The van der Waals surface area contributed by atoms with Gasteiger partial charge in [0.2, 0.25) is 11.8 Å². The molecule has 0 bridgehead atoms. The van der Waals surface area contributed by atoms with Gasteiger partial charge in [-0.25, -0.2) is 0 Å². The lowest BCUT2D eigenvalue weighted by atomic mass is 10.0. The van der Waals surface area contributed by atoms with Gasteiger partial charge in [-0.1, -0.05) is 13.8 Å². The van der Waals surface area contributed by atoms with E-state index in [0.29, 0.717) is 24.8 Å². The summed E-state index contributed by atoms with van der Waals surface area (Å²) >= 11 is 0. The molecule has 4 nitrogen and oxygen atoms in total. The third-order valence-electron chi connectivity index (χ3n) is 2.70. The van der Waals surface area contributed by atoms with Gasteiger partial charge < -0.3 is 5.32 Å². The maximum Gasteiger partial charge on any atom is 0.243 e. The highest BCUT2D eigenvalue weighted by Crippen LogP contribution is 2.08. The van der Waals surface area contributed by atoms with Crippen molar-refractivity contribution in [1.29, 1.82) is 0 Å². The topological polar surface area (TPSA) is 58.2 Å². The van der Waals surface area contributed by atoms with Crippen LogP contribution in [-0.4, -0.2) is 23.9 Å². The molecular formula is C10H18N2O2. The van der Waals surface area contributed by atoms with Crippen molar-refractivity contribution < 1.29 is 9.59 Å². The van der Waals surface area contributed by atoms with Gasteiger partial charge in [0.15, 0.2) is 0 Å². The number of nitrogens with one attached hydrogen (secondary N) is 2. The molecule has 1 fully saturated rings. The van der Waals surface area contributed by atoms with Gasteiger partial charge in [-0.3, -0.25) is 14.9 Å². The van der Waals surface area contributed by atoms with Crippen LogP contribution >= 0.6 is 0 Å². The summed E-state index contributed by atoms with van der Waals surface area (Å²) in [6, 6.07) is 0.0871. The largest absolute Gasteiger partial charge is 0.303 e. The monoisotopic (exact) mass is 198 g/mol. The van der Waals surface area contributed by atoms with E-state index in [-0.39, 0.29) is 17.9 Å². The maximum absolute atomic E-state index is 11.4. The molecule has 1 saturated heterocycles. The van der Waals surface area contributed by atoms with E-state index in [1.165, 1.54) is 0 Å². The number of rotatable bonds is 3. The average molecular weight is 198 g/mol. The zero-order valence-corrected chi connectivity index (χ0v) is 8.96. The van der Waals surface area contributed by atoms with Crippen LogP contribution in [0.3, 0.4) is 0 Å². The summed E-state index contributed by atoms with van der Waals surface area (Å²) in [6.07, 6.45) is 1.05. The second-order valence-electron chi connectivity index (χ2n) is 4.20. The number of carbonyl (C=O) groups is 2. The Bertz CT molecular complexity index is 238. The minimum Gasteiger partial charge on any atom is -0.303 e. The zero-order valence-electron chi connectivity index (χ0n) is 8.96. The van der Waals surface area contributed by atoms with Crippen molar-refractivity contribution in [2.24, 2.45) is 5.92 Å². The van der Waals surface area contributed by atoms with Gasteiger partial charge in [0.25, 0.3) is 0 Å². The second kappa shape index (κ2) is 4.55. The Balaban J connectivity index is 2.45. The van der Waals surface area contributed by atoms with E-state index < -0.39 is 0 Å². The molecule has 0 aromatic heterocycles. The minimum absolute atomic E-state index is 0.162. The Kier molecular flexibility index (Phi) is 3.63. The molecule has 2 amide bonds. The highest BCUT2D eigenvalue weighted by atomic mass is 16.2. The quantitative estimate of drug-likeness (QED) is 0.646. The number of imide groups is 1. The van der Waals surface area contributed by atoms with Crippen LogP contribution in [0, 0.1) is 5.92 Å². The molecule has 0 aromatic rings. The zero-order chi connectivity index (χ0) is 10.7. The normalized spacial score (nSPS) is 25.0. The first-order valence-corrected chi connectivity index (χ1v) is 5.10. The standard InChI is InChI=1S/C10H18N2O2/c1-6(2)7(3)11-8-4-5-9(13)12-10(8)14/h6-8,11H,4-5H2,1-3H3,(H,12,13,14). The lowest BCUT2D eigenvalue weighted by Crippen LogP contribution is -2.53. The van der Waals surface area contributed by atoms with Crippen molar-refractivity contribution in [3.05, 3.63) is 0 Å². The van der Waals surface area contributed by atoms with Crippen LogP contribution in [0.1, 0.15) is 33.6 Å². The van der Waals surface area contributed by atoms with Gasteiger partial charge in [0, 0.05) is 12.5 Å². The third kappa shape index (κ3) is 2.80. The summed E-state index contributed by atoms with van der Waals surface area (Å²) < 4.78 is 0. The molecule has 0 spiro atoms.